The van der Waals surface area contributed by atoms with Crippen LogP contribution in [0.25, 0.3) is 5.57 Å². The summed E-state index contributed by atoms with van der Waals surface area (Å²) in [5.74, 6) is 2.28. The molecular formula is C21H25F3. The minimum absolute atomic E-state index is 0.586. The SMILES string of the molecule is CC[C@H]1CC[C@H](C2C=CC(c3ccc(C(F)(F)F)cc3)=CC2)CC1. The van der Waals surface area contributed by atoms with Crippen LogP contribution in [0.4, 0.5) is 13.2 Å². The maximum absolute atomic E-state index is 12.6. The number of benzene rings is 1. The third kappa shape index (κ3) is 3.93. The van der Waals surface area contributed by atoms with E-state index in [0.29, 0.717) is 5.92 Å². The Kier molecular flexibility index (Phi) is 5.17. The maximum Gasteiger partial charge on any atom is 0.416 e. The first-order valence-corrected chi connectivity index (χ1v) is 9.03. The van der Waals surface area contributed by atoms with Gasteiger partial charge < -0.3 is 0 Å². The number of hydrogen-bond acceptors (Lipinski definition) is 0. The molecule has 0 amide bonds. The van der Waals surface area contributed by atoms with Crippen molar-refractivity contribution < 1.29 is 13.2 Å². The van der Waals surface area contributed by atoms with E-state index in [1.165, 1.54) is 44.2 Å². The Balaban J connectivity index is 1.61. The smallest absolute Gasteiger partial charge is 0.166 e. The Hall–Kier alpha value is -1.51. The van der Waals surface area contributed by atoms with Crippen LogP contribution in [0.2, 0.25) is 0 Å². The summed E-state index contributed by atoms with van der Waals surface area (Å²) in [6, 6.07) is 5.49. The van der Waals surface area contributed by atoms with Crippen LogP contribution >= 0.6 is 0 Å². The Labute approximate surface area is 142 Å². The number of hydrogen-bond donors (Lipinski definition) is 0. The number of alkyl halides is 3. The van der Waals surface area contributed by atoms with E-state index in [1.54, 1.807) is 12.1 Å². The molecule has 130 valence electrons. The molecule has 2 aliphatic carbocycles. The van der Waals surface area contributed by atoms with Gasteiger partial charge in [0.1, 0.15) is 0 Å². The van der Waals surface area contributed by atoms with Crippen LogP contribution in [0, 0.1) is 17.8 Å². The molecule has 0 saturated heterocycles. The lowest BCUT2D eigenvalue weighted by atomic mass is 9.73. The van der Waals surface area contributed by atoms with E-state index in [-0.39, 0.29) is 0 Å². The quantitative estimate of drug-likeness (QED) is 0.565. The summed E-state index contributed by atoms with van der Waals surface area (Å²) in [7, 11) is 0. The highest BCUT2D eigenvalue weighted by molar-refractivity contribution is 5.75. The van der Waals surface area contributed by atoms with Gasteiger partial charge in [0.15, 0.2) is 0 Å². The third-order valence-electron chi connectivity index (χ3n) is 5.75. The predicted octanol–water partition coefficient (Wildman–Crippen LogP) is 6.88. The summed E-state index contributed by atoms with van der Waals surface area (Å²) < 4.78 is 37.9. The minimum Gasteiger partial charge on any atom is -0.166 e. The molecule has 0 N–H and O–H groups in total. The van der Waals surface area contributed by atoms with Gasteiger partial charge >= 0.3 is 6.18 Å². The van der Waals surface area contributed by atoms with E-state index in [1.807, 2.05) is 0 Å². The minimum atomic E-state index is -4.27. The van der Waals surface area contributed by atoms with Gasteiger partial charge in [-0.2, -0.15) is 13.2 Å². The van der Waals surface area contributed by atoms with Crippen molar-refractivity contribution in [3.05, 3.63) is 53.6 Å². The number of allylic oxidation sites excluding steroid dienone is 4. The Morgan fingerprint density at radius 3 is 2.17 bits per heavy atom. The molecule has 1 atom stereocenters. The van der Waals surface area contributed by atoms with Gasteiger partial charge in [0.05, 0.1) is 5.56 Å². The molecule has 1 aromatic rings. The van der Waals surface area contributed by atoms with Crippen molar-refractivity contribution in [2.24, 2.45) is 17.8 Å². The van der Waals surface area contributed by atoms with E-state index >= 15 is 0 Å². The molecule has 2 aliphatic rings. The monoisotopic (exact) mass is 334 g/mol. The van der Waals surface area contributed by atoms with E-state index < -0.39 is 11.7 Å². The lowest BCUT2D eigenvalue weighted by Crippen LogP contribution is -2.21. The lowest BCUT2D eigenvalue weighted by molar-refractivity contribution is -0.137. The Morgan fingerprint density at radius 2 is 1.67 bits per heavy atom. The topological polar surface area (TPSA) is 0 Å². The van der Waals surface area contributed by atoms with E-state index in [4.69, 9.17) is 0 Å². The standard InChI is InChI=1S/C21H25F3/c1-2-15-3-5-16(6-4-15)17-7-9-18(10-8-17)19-11-13-20(14-12-19)21(22,23)24/h7,9-17H,2-6,8H2,1H3/t15-,16-,17?. The van der Waals surface area contributed by atoms with Crippen LogP contribution in [0.15, 0.2) is 42.5 Å². The molecular weight excluding hydrogens is 309 g/mol. The van der Waals surface area contributed by atoms with E-state index in [0.717, 1.165) is 29.4 Å². The average molecular weight is 334 g/mol. The van der Waals surface area contributed by atoms with Crippen molar-refractivity contribution in [1.82, 2.24) is 0 Å². The second kappa shape index (κ2) is 7.16. The fourth-order valence-electron chi connectivity index (χ4n) is 4.08. The van der Waals surface area contributed by atoms with Crippen molar-refractivity contribution in [3.63, 3.8) is 0 Å². The average Bonchev–Trinajstić information content (AvgIpc) is 2.61. The molecule has 0 aliphatic heterocycles. The molecule has 0 radical (unpaired) electrons. The Morgan fingerprint density at radius 1 is 1.00 bits per heavy atom. The van der Waals surface area contributed by atoms with E-state index in [9.17, 15) is 13.2 Å². The first kappa shape index (κ1) is 17.3. The van der Waals surface area contributed by atoms with Crippen LogP contribution in [-0.4, -0.2) is 0 Å². The summed E-state index contributed by atoms with van der Waals surface area (Å²) in [6.07, 6.45) is 9.94. The summed E-state index contributed by atoms with van der Waals surface area (Å²) in [6.45, 7) is 2.28. The molecule has 24 heavy (non-hydrogen) atoms. The molecule has 0 bridgehead atoms. The van der Waals surface area contributed by atoms with Gasteiger partial charge in [-0.15, -0.1) is 0 Å². The van der Waals surface area contributed by atoms with Gasteiger partial charge in [0.25, 0.3) is 0 Å². The summed E-state index contributed by atoms with van der Waals surface area (Å²) in [5.41, 5.74) is 1.33. The highest BCUT2D eigenvalue weighted by Crippen LogP contribution is 2.39. The number of rotatable bonds is 3. The molecule has 1 fully saturated rings. The van der Waals surface area contributed by atoms with Crippen LogP contribution in [0.5, 0.6) is 0 Å². The zero-order valence-electron chi connectivity index (χ0n) is 14.2. The van der Waals surface area contributed by atoms with Crippen molar-refractivity contribution in [1.29, 1.82) is 0 Å². The van der Waals surface area contributed by atoms with Gasteiger partial charge in [-0.1, -0.05) is 56.5 Å². The maximum atomic E-state index is 12.6. The fourth-order valence-corrected chi connectivity index (χ4v) is 4.08. The zero-order valence-corrected chi connectivity index (χ0v) is 14.2. The second-order valence-electron chi connectivity index (χ2n) is 7.18. The third-order valence-corrected chi connectivity index (χ3v) is 5.75. The first-order valence-electron chi connectivity index (χ1n) is 9.03. The fraction of sp³-hybridized carbons (Fsp3) is 0.524. The number of halogens is 3. The molecule has 1 unspecified atom stereocenters. The van der Waals surface area contributed by atoms with Crippen LogP contribution < -0.4 is 0 Å². The van der Waals surface area contributed by atoms with Crippen molar-refractivity contribution in [2.75, 3.05) is 0 Å². The van der Waals surface area contributed by atoms with Gasteiger partial charge in [-0.25, -0.2) is 0 Å². The second-order valence-corrected chi connectivity index (χ2v) is 7.18. The van der Waals surface area contributed by atoms with Gasteiger partial charge in [-0.3, -0.25) is 0 Å². The predicted molar refractivity (Wildman–Crippen MR) is 92.4 cm³/mol. The highest BCUT2D eigenvalue weighted by atomic mass is 19.4. The summed E-state index contributed by atoms with van der Waals surface area (Å²) in [4.78, 5) is 0. The van der Waals surface area contributed by atoms with Gasteiger partial charge in [0.2, 0.25) is 0 Å². The molecule has 3 rings (SSSR count). The first-order chi connectivity index (χ1) is 11.5. The summed E-state index contributed by atoms with van der Waals surface area (Å²) in [5, 5.41) is 0. The van der Waals surface area contributed by atoms with Crippen LogP contribution in [0.3, 0.4) is 0 Å². The lowest BCUT2D eigenvalue weighted by Gasteiger charge is -2.33. The Bertz CT molecular complexity index is 599. The zero-order chi connectivity index (χ0) is 17.2. The van der Waals surface area contributed by atoms with Crippen molar-refractivity contribution in [3.8, 4) is 0 Å². The summed E-state index contributed by atoms with van der Waals surface area (Å²) >= 11 is 0. The molecule has 0 spiro atoms. The van der Waals surface area contributed by atoms with Crippen molar-refractivity contribution in [2.45, 2.75) is 51.6 Å². The van der Waals surface area contributed by atoms with Crippen LogP contribution in [0.1, 0.15) is 56.6 Å². The normalized spacial score (nSPS) is 27.8. The van der Waals surface area contributed by atoms with Crippen LogP contribution in [-0.2, 0) is 6.18 Å². The molecule has 3 heteroatoms. The largest absolute Gasteiger partial charge is 0.416 e. The molecule has 1 aromatic carbocycles. The van der Waals surface area contributed by atoms with Crippen molar-refractivity contribution >= 4 is 5.57 Å². The molecule has 0 heterocycles. The molecule has 0 nitrogen and oxygen atoms in total. The van der Waals surface area contributed by atoms with E-state index in [2.05, 4.69) is 25.2 Å². The molecule has 1 saturated carbocycles. The van der Waals surface area contributed by atoms with Gasteiger partial charge in [0, 0.05) is 0 Å². The molecule has 0 aromatic heterocycles. The highest BCUT2D eigenvalue weighted by Gasteiger charge is 2.30. The van der Waals surface area contributed by atoms with Gasteiger partial charge in [-0.05, 0) is 60.3 Å².